The molecule has 2 aromatic rings. The van der Waals surface area contributed by atoms with Gasteiger partial charge in [-0.05, 0) is 13.0 Å². The molecule has 0 aliphatic heterocycles. The van der Waals surface area contributed by atoms with E-state index >= 15 is 0 Å². The molecule has 0 unspecified atom stereocenters. The zero-order valence-corrected chi connectivity index (χ0v) is 8.77. The van der Waals surface area contributed by atoms with Crippen LogP contribution in [0.5, 0.6) is 0 Å². The van der Waals surface area contributed by atoms with Gasteiger partial charge in [-0.25, -0.2) is 15.0 Å². The number of aromatic amines is 1. The van der Waals surface area contributed by atoms with Crippen LogP contribution >= 0.6 is 0 Å². The molecule has 6 heteroatoms. The fourth-order valence-electron chi connectivity index (χ4n) is 1.25. The molecule has 82 valence electrons. The highest BCUT2D eigenvalue weighted by atomic mass is 16.1. The van der Waals surface area contributed by atoms with Gasteiger partial charge in [-0.3, -0.25) is 4.79 Å². The molecule has 2 rings (SSSR count). The summed E-state index contributed by atoms with van der Waals surface area (Å²) in [7, 11) is 0. The van der Waals surface area contributed by atoms with Crippen LogP contribution in [0.2, 0.25) is 0 Å². The van der Waals surface area contributed by atoms with Crippen LogP contribution in [0.4, 0.5) is 5.82 Å². The van der Waals surface area contributed by atoms with Crippen LogP contribution in [-0.4, -0.2) is 19.9 Å². The molecular formula is C10H11N5O. The molecule has 0 saturated carbocycles. The van der Waals surface area contributed by atoms with Crippen LogP contribution in [-0.2, 0) is 6.54 Å². The Hall–Kier alpha value is -2.24. The Morgan fingerprint density at radius 1 is 1.44 bits per heavy atom. The Bertz CT molecular complexity index is 536. The summed E-state index contributed by atoms with van der Waals surface area (Å²) in [4.78, 5) is 25.6. The topological polar surface area (TPSA) is 83.6 Å². The number of rotatable bonds is 3. The summed E-state index contributed by atoms with van der Waals surface area (Å²) in [6, 6.07) is 3.21. The number of aromatic nitrogens is 4. The van der Waals surface area contributed by atoms with Crippen molar-refractivity contribution in [2.24, 2.45) is 0 Å². The monoisotopic (exact) mass is 217 g/mol. The van der Waals surface area contributed by atoms with Gasteiger partial charge >= 0.3 is 0 Å². The van der Waals surface area contributed by atoms with Crippen molar-refractivity contribution in [3.8, 4) is 0 Å². The molecule has 0 aliphatic rings. The normalized spacial score (nSPS) is 10.1. The van der Waals surface area contributed by atoms with Crippen LogP contribution in [0.15, 0.2) is 29.5 Å². The van der Waals surface area contributed by atoms with E-state index in [1.807, 2.05) is 13.0 Å². The fraction of sp³-hybridized carbons (Fsp3) is 0.200. The van der Waals surface area contributed by atoms with E-state index in [0.29, 0.717) is 12.4 Å². The van der Waals surface area contributed by atoms with Gasteiger partial charge in [0.25, 0.3) is 5.56 Å². The van der Waals surface area contributed by atoms with Gasteiger partial charge in [0.15, 0.2) is 0 Å². The first-order valence-electron chi connectivity index (χ1n) is 4.81. The maximum Gasteiger partial charge on any atom is 0.252 e. The van der Waals surface area contributed by atoms with Crippen molar-refractivity contribution >= 4 is 5.82 Å². The van der Waals surface area contributed by atoms with Crippen LogP contribution < -0.4 is 10.9 Å². The van der Waals surface area contributed by atoms with Gasteiger partial charge in [0, 0.05) is 12.3 Å². The lowest BCUT2D eigenvalue weighted by atomic mass is 10.4. The molecule has 0 amide bonds. The van der Waals surface area contributed by atoms with E-state index in [2.05, 4.69) is 25.3 Å². The predicted octanol–water partition coefficient (Wildman–Crippen LogP) is 0.480. The van der Waals surface area contributed by atoms with Gasteiger partial charge in [-0.15, -0.1) is 0 Å². The van der Waals surface area contributed by atoms with Crippen molar-refractivity contribution in [3.63, 3.8) is 0 Å². The zero-order chi connectivity index (χ0) is 11.4. The minimum atomic E-state index is -0.184. The van der Waals surface area contributed by atoms with Crippen molar-refractivity contribution in [2.75, 3.05) is 5.32 Å². The maximum absolute atomic E-state index is 11.0. The largest absolute Gasteiger partial charge is 0.364 e. The number of hydrogen-bond donors (Lipinski definition) is 2. The van der Waals surface area contributed by atoms with Crippen molar-refractivity contribution in [3.05, 3.63) is 46.5 Å². The van der Waals surface area contributed by atoms with Crippen LogP contribution in [0.1, 0.15) is 11.5 Å². The molecule has 2 N–H and O–H groups in total. The number of nitrogens with one attached hydrogen (secondary N) is 2. The average molecular weight is 217 g/mol. The number of anilines is 1. The summed E-state index contributed by atoms with van der Waals surface area (Å²) >= 11 is 0. The van der Waals surface area contributed by atoms with Crippen molar-refractivity contribution in [1.82, 2.24) is 19.9 Å². The smallest absolute Gasteiger partial charge is 0.252 e. The molecular weight excluding hydrogens is 206 g/mol. The van der Waals surface area contributed by atoms with Crippen LogP contribution in [0.3, 0.4) is 0 Å². The van der Waals surface area contributed by atoms with Crippen molar-refractivity contribution < 1.29 is 0 Å². The third-order valence-electron chi connectivity index (χ3n) is 1.96. The van der Waals surface area contributed by atoms with Crippen LogP contribution in [0.25, 0.3) is 0 Å². The average Bonchev–Trinajstić information content (AvgIpc) is 2.27. The molecule has 2 aromatic heterocycles. The van der Waals surface area contributed by atoms with Crippen LogP contribution in [0, 0.1) is 6.92 Å². The molecule has 0 bridgehead atoms. The molecule has 0 spiro atoms. The zero-order valence-electron chi connectivity index (χ0n) is 8.77. The molecule has 2 heterocycles. The molecule has 0 saturated heterocycles. The maximum atomic E-state index is 11.0. The molecule has 0 fully saturated rings. The number of hydrogen-bond acceptors (Lipinski definition) is 5. The first-order chi connectivity index (χ1) is 7.74. The Labute approximate surface area is 91.8 Å². The first kappa shape index (κ1) is 10.3. The Morgan fingerprint density at radius 3 is 3.06 bits per heavy atom. The minimum absolute atomic E-state index is 0.184. The van der Waals surface area contributed by atoms with E-state index in [4.69, 9.17) is 0 Å². The predicted molar refractivity (Wildman–Crippen MR) is 59.0 cm³/mol. The van der Waals surface area contributed by atoms with E-state index in [1.54, 1.807) is 6.20 Å². The van der Waals surface area contributed by atoms with E-state index in [-0.39, 0.29) is 5.56 Å². The second kappa shape index (κ2) is 4.52. The molecule has 0 radical (unpaired) electrons. The number of H-pyrrole nitrogens is 1. The van der Waals surface area contributed by atoms with Crippen molar-refractivity contribution in [2.45, 2.75) is 13.5 Å². The number of nitrogens with zero attached hydrogens (tertiary/aromatic N) is 3. The number of aryl methyl sites for hydroxylation is 1. The van der Waals surface area contributed by atoms with E-state index in [1.165, 1.54) is 12.4 Å². The lowest BCUT2D eigenvalue weighted by Crippen LogP contribution is -2.09. The lowest BCUT2D eigenvalue weighted by molar-refractivity contribution is 0.946. The summed E-state index contributed by atoms with van der Waals surface area (Å²) in [5.41, 5.74) is 0.672. The van der Waals surface area contributed by atoms with Gasteiger partial charge in [-0.1, -0.05) is 0 Å². The summed E-state index contributed by atoms with van der Waals surface area (Å²) in [6.45, 7) is 2.34. The summed E-state index contributed by atoms with van der Waals surface area (Å²) in [5, 5.41) is 3.01. The molecule has 6 nitrogen and oxygen atoms in total. The van der Waals surface area contributed by atoms with Crippen molar-refractivity contribution in [1.29, 1.82) is 0 Å². The highest BCUT2D eigenvalue weighted by molar-refractivity contribution is 5.32. The lowest BCUT2D eigenvalue weighted by Gasteiger charge is -2.04. The van der Waals surface area contributed by atoms with Gasteiger partial charge in [-0.2, -0.15) is 0 Å². The highest BCUT2D eigenvalue weighted by Crippen LogP contribution is 2.00. The Balaban J connectivity index is 2.05. The summed E-state index contributed by atoms with van der Waals surface area (Å²) in [5.74, 6) is 1.25. The Kier molecular flexibility index (Phi) is 2.90. The highest BCUT2D eigenvalue weighted by Gasteiger charge is 1.97. The third kappa shape index (κ3) is 2.63. The summed E-state index contributed by atoms with van der Waals surface area (Å²) in [6.07, 6.45) is 3.06. The second-order valence-electron chi connectivity index (χ2n) is 3.25. The Morgan fingerprint density at radius 2 is 2.31 bits per heavy atom. The van der Waals surface area contributed by atoms with Gasteiger partial charge in [0.1, 0.15) is 11.6 Å². The third-order valence-corrected chi connectivity index (χ3v) is 1.96. The van der Waals surface area contributed by atoms with E-state index < -0.39 is 0 Å². The van der Waals surface area contributed by atoms with E-state index in [0.717, 1.165) is 11.5 Å². The molecule has 0 aromatic carbocycles. The van der Waals surface area contributed by atoms with Gasteiger partial charge in [0.05, 0.1) is 18.6 Å². The minimum Gasteiger partial charge on any atom is -0.364 e. The van der Waals surface area contributed by atoms with E-state index in [9.17, 15) is 4.79 Å². The van der Waals surface area contributed by atoms with Gasteiger partial charge < -0.3 is 10.3 Å². The molecule has 0 aliphatic carbocycles. The SMILES string of the molecule is Cc1nccc(CNc2cc(=O)[nH]cn2)n1. The standard InChI is InChI=1S/C10H11N5O/c1-7-11-3-2-8(15-7)5-12-9-4-10(16)14-6-13-9/h2-4,6H,5H2,1H3,(H2,12,13,14,16). The van der Waals surface area contributed by atoms with Gasteiger partial charge in [0.2, 0.25) is 0 Å². The first-order valence-corrected chi connectivity index (χ1v) is 4.81. The second-order valence-corrected chi connectivity index (χ2v) is 3.25. The quantitative estimate of drug-likeness (QED) is 0.781. The molecule has 0 atom stereocenters. The summed E-state index contributed by atoms with van der Waals surface area (Å²) < 4.78 is 0. The fourth-order valence-corrected chi connectivity index (χ4v) is 1.25. The molecule has 16 heavy (non-hydrogen) atoms.